The van der Waals surface area contributed by atoms with E-state index in [2.05, 4.69) is 257 Å². The maximum Gasteiger partial charge on any atom is 0.149 e. The van der Waals surface area contributed by atoms with Crippen LogP contribution in [0.4, 0.5) is 0 Å². The van der Waals surface area contributed by atoms with E-state index in [1.54, 1.807) is 0 Å². The molecule has 0 unspecified atom stereocenters. The molecule has 1 N–H and O–H groups in total. The number of para-hydroxylation sites is 1. The molecule has 8 aromatic rings. The van der Waals surface area contributed by atoms with Gasteiger partial charge in [-0.3, -0.25) is 9.55 Å². The van der Waals surface area contributed by atoms with Crippen molar-refractivity contribution in [3.63, 3.8) is 0 Å². The van der Waals surface area contributed by atoms with Gasteiger partial charge in [0.2, 0.25) is 0 Å². The standard InChI is InChI=1S/C67H79N3O/c1-41-31-43(45-33-50(64(8,9)10)38-51(34-45)65(11,12)13)25-28-57(41)70-58-22-20-21-53(59(58)69-61(70)54-39-52(66(14,15)16)40-55(60(54)71)67(17,18)19)46-32-47(36-49(35-46)63(5,6)7)56-37-44(29-30-68-56)42-23-26-48(27-24-42)62(2,3)4/h20-40,71H,1-19H3. The van der Waals surface area contributed by atoms with Crippen LogP contribution in [0.25, 0.3) is 72.7 Å². The van der Waals surface area contributed by atoms with Gasteiger partial charge in [-0.05, 0) is 149 Å². The van der Waals surface area contributed by atoms with Crippen molar-refractivity contribution in [2.75, 3.05) is 0 Å². The lowest BCUT2D eigenvalue weighted by atomic mass is 9.78. The summed E-state index contributed by atoms with van der Waals surface area (Å²) in [4.78, 5) is 10.7. The Kier molecular flexibility index (Phi) is 12.8. The Morgan fingerprint density at radius 1 is 0.408 bits per heavy atom. The molecule has 4 heteroatoms. The number of hydrogen-bond acceptors (Lipinski definition) is 3. The lowest BCUT2D eigenvalue weighted by Gasteiger charge is -2.27. The number of aromatic hydroxyl groups is 1. The van der Waals surface area contributed by atoms with Gasteiger partial charge in [-0.2, -0.15) is 0 Å². The first-order valence-electron chi connectivity index (χ1n) is 25.7. The number of aromatic nitrogens is 3. The van der Waals surface area contributed by atoms with Crippen LogP contribution in [-0.4, -0.2) is 19.6 Å². The fourth-order valence-electron chi connectivity index (χ4n) is 9.61. The average molecular weight is 942 g/mol. The molecule has 8 rings (SSSR count). The maximum absolute atomic E-state index is 12.6. The number of fused-ring (bicyclic) bond motifs is 1. The highest BCUT2D eigenvalue weighted by Crippen LogP contribution is 2.46. The van der Waals surface area contributed by atoms with E-state index in [1.807, 2.05) is 6.20 Å². The smallest absolute Gasteiger partial charge is 0.149 e. The minimum absolute atomic E-state index is 0.00450. The molecule has 71 heavy (non-hydrogen) atoms. The predicted molar refractivity (Wildman–Crippen MR) is 305 cm³/mol. The lowest BCUT2D eigenvalue weighted by Crippen LogP contribution is -2.17. The fraction of sp³-hybridized carbons (Fsp3) is 0.373. The van der Waals surface area contributed by atoms with E-state index in [9.17, 15) is 5.11 Å². The molecule has 6 aromatic carbocycles. The van der Waals surface area contributed by atoms with Crippen molar-refractivity contribution < 1.29 is 5.11 Å². The van der Waals surface area contributed by atoms with Gasteiger partial charge in [-0.15, -0.1) is 0 Å². The largest absolute Gasteiger partial charge is 0.507 e. The fourth-order valence-corrected chi connectivity index (χ4v) is 9.61. The van der Waals surface area contributed by atoms with Crippen LogP contribution in [0.3, 0.4) is 0 Å². The third kappa shape index (κ3) is 10.4. The maximum atomic E-state index is 12.6. The zero-order chi connectivity index (χ0) is 52.0. The monoisotopic (exact) mass is 942 g/mol. The van der Waals surface area contributed by atoms with Crippen molar-refractivity contribution in [1.29, 1.82) is 0 Å². The molecule has 2 aromatic heterocycles. The summed E-state index contributed by atoms with van der Waals surface area (Å²) in [6.07, 6.45) is 1.93. The molecule has 0 fully saturated rings. The third-order valence-electron chi connectivity index (χ3n) is 14.4. The number of phenols is 1. The van der Waals surface area contributed by atoms with Gasteiger partial charge in [-0.25, -0.2) is 4.98 Å². The number of rotatable bonds is 6. The topological polar surface area (TPSA) is 50.9 Å². The van der Waals surface area contributed by atoms with Crippen molar-refractivity contribution in [3.8, 4) is 67.5 Å². The van der Waals surface area contributed by atoms with Gasteiger partial charge in [0.15, 0.2) is 0 Å². The summed E-state index contributed by atoms with van der Waals surface area (Å²) in [5.74, 6) is 0.976. The van der Waals surface area contributed by atoms with E-state index in [4.69, 9.17) is 9.97 Å². The summed E-state index contributed by atoms with van der Waals surface area (Å²) in [6, 6.07) is 45.1. The van der Waals surface area contributed by atoms with Gasteiger partial charge < -0.3 is 5.11 Å². The van der Waals surface area contributed by atoms with Crippen LogP contribution in [0, 0.1) is 6.92 Å². The predicted octanol–water partition coefficient (Wildman–Crippen LogP) is 18.6. The van der Waals surface area contributed by atoms with Crippen LogP contribution in [0.15, 0.2) is 128 Å². The van der Waals surface area contributed by atoms with Crippen LogP contribution < -0.4 is 0 Å². The number of benzene rings is 6. The van der Waals surface area contributed by atoms with E-state index in [0.717, 1.165) is 66.9 Å². The van der Waals surface area contributed by atoms with Gasteiger partial charge in [0.1, 0.15) is 11.6 Å². The minimum Gasteiger partial charge on any atom is -0.507 e. The van der Waals surface area contributed by atoms with Crippen LogP contribution in [-0.2, 0) is 32.5 Å². The molecular formula is C67H79N3O. The number of phenolic OH excluding ortho intramolecular Hbond substituents is 1. The van der Waals surface area contributed by atoms with Gasteiger partial charge >= 0.3 is 0 Å². The molecule has 0 aliphatic rings. The van der Waals surface area contributed by atoms with Crippen molar-refractivity contribution in [2.24, 2.45) is 0 Å². The quantitative estimate of drug-likeness (QED) is 0.181. The van der Waals surface area contributed by atoms with E-state index in [1.165, 1.54) is 38.9 Å². The highest BCUT2D eigenvalue weighted by Gasteiger charge is 2.30. The SMILES string of the molecule is Cc1cc(-c2cc(C(C)(C)C)cc(C(C)(C)C)c2)ccc1-n1c(-c2cc(C(C)(C)C)cc(C(C)(C)C)c2O)nc2c(-c3cc(-c4cc(-c5ccc(C(C)(C)C)cc5)ccn4)cc(C(C)(C)C)c3)cccc21. The molecule has 0 amide bonds. The molecule has 4 nitrogen and oxygen atoms in total. The van der Waals surface area contributed by atoms with Crippen molar-refractivity contribution in [3.05, 3.63) is 166 Å². The number of aryl methyl sites for hydroxylation is 1. The zero-order valence-corrected chi connectivity index (χ0v) is 46.4. The number of imidazole rings is 1. The van der Waals surface area contributed by atoms with Gasteiger partial charge in [-0.1, -0.05) is 197 Å². The Balaban J connectivity index is 1.38. The van der Waals surface area contributed by atoms with Crippen LogP contribution in [0.1, 0.15) is 164 Å². The number of hydrogen-bond donors (Lipinski definition) is 1. The van der Waals surface area contributed by atoms with Crippen LogP contribution in [0.2, 0.25) is 0 Å². The molecule has 0 spiro atoms. The van der Waals surface area contributed by atoms with E-state index < -0.39 is 0 Å². The average Bonchev–Trinajstić information content (AvgIpc) is 3.66. The molecule has 0 radical (unpaired) electrons. The first-order valence-corrected chi connectivity index (χ1v) is 25.7. The van der Waals surface area contributed by atoms with E-state index in [-0.39, 0.29) is 38.2 Å². The summed E-state index contributed by atoms with van der Waals surface area (Å²) in [5.41, 5.74) is 20.1. The number of nitrogens with zero attached hydrogens (tertiary/aromatic N) is 3. The second-order valence-corrected chi connectivity index (χ2v) is 26.5. The Morgan fingerprint density at radius 2 is 0.930 bits per heavy atom. The van der Waals surface area contributed by atoms with Crippen LogP contribution in [0.5, 0.6) is 5.75 Å². The molecule has 2 heterocycles. The van der Waals surface area contributed by atoms with Crippen molar-refractivity contribution in [1.82, 2.24) is 14.5 Å². The minimum atomic E-state index is -0.321. The summed E-state index contributed by atoms with van der Waals surface area (Å²) < 4.78 is 2.29. The molecule has 0 saturated heterocycles. The summed E-state index contributed by atoms with van der Waals surface area (Å²) >= 11 is 0. The van der Waals surface area contributed by atoms with Crippen molar-refractivity contribution >= 4 is 11.0 Å². The molecule has 0 aliphatic heterocycles. The second kappa shape index (κ2) is 17.8. The normalized spacial score (nSPS) is 13.1. The van der Waals surface area contributed by atoms with Gasteiger partial charge in [0, 0.05) is 22.9 Å². The van der Waals surface area contributed by atoms with E-state index in [0.29, 0.717) is 5.82 Å². The Morgan fingerprint density at radius 3 is 1.49 bits per heavy atom. The zero-order valence-electron chi connectivity index (χ0n) is 46.4. The summed E-state index contributed by atoms with van der Waals surface area (Å²) in [7, 11) is 0. The lowest BCUT2D eigenvalue weighted by molar-refractivity contribution is 0.446. The summed E-state index contributed by atoms with van der Waals surface area (Å²) in [6.45, 7) is 42.8. The highest BCUT2D eigenvalue weighted by atomic mass is 16.3. The highest BCUT2D eigenvalue weighted by molar-refractivity contribution is 5.97. The Hall–Kier alpha value is -6.26. The van der Waals surface area contributed by atoms with Crippen molar-refractivity contribution in [2.45, 2.75) is 164 Å². The van der Waals surface area contributed by atoms with Gasteiger partial charge in [0.05, 0.1) is 28.0 Å². The molecule has 368 valence electrons. The third-order valence-corrected chi connectivity index (χ3v) is 14.4. The Bertz CT molecular complexity index is 3270. The Labute approximate surface area is 426 Å². The molecule has 0 saturated carbocycles. The summed E-state index contributed by atoms with van der Waals surface area (Å²) in [5, 5.41) is 12.6. The molecular weight excluding hydrogens is 863 g/mol. The molecule has 0 aliphatic carbocycles. The first-order chi connectivity index (χ1) is 32.8. The molecule has 0 bridgehead atoms. The molecule has 0 atom stereocenters. The number of pyridine rings is 1. The van der Waals surface area contributed by atoms with Crippen LogP contribution >= 0.6 is 0 Å². The van der Waals surface area contributed by atoms with Gasteiger partial charge in [0.25, 0.3) is 0 Å². The second-order valence-electron chi connectivity index (χ2n) is 26.5. The van der Waals surface area contributed by atoms with E-state index >= 15 is 0 Å². The first kappa shape index (κ1) is 51.1.